The monoisotopic (exact) mass is 436 g/mol. The number of rotatable bonds is 8. The molecule has 2 aromatic rings. The molecule has 1 aliphatic rings. The van der Waals surface area contributed by atoms with E-state index in [4.69, 9.17) is 4.74 Å². The molecule has 0 aliphatic heterocycles. The van der Waals surface area contributed by atoms with Gasteiger partial charge in [-0.25, -0.2) is 15.0 Å². The van der Waals surface area contributed by atoms with Crippen LogP contribution in [0.4, 0.5) is 13.2 Å². The van der Waals surface area contributed by atoms with E-state index in [0.717, 1.165) is 12.8 Å². The Kier molecular flexibility index (Phi) is 6.56. The smallest absolute Gasteiger partial charge is 0.422 e. The number of Topliss-reactive ketones (excluding diaryl/α,β-unsaturated/α-hetero) is 1. The molecule has 0 radical (unpaired) electrons. The van der Waals surface area contributed by atoms with Crippen LogP contribution in [0.25, 0.3) is 0 Å². The second-order valence-corrected chi connectivity index (χ2v) is 7.72. The highest BCUT2D eigenvalue weighted by atomic mass is 19.4. The predicted molar refractivity (Wildman–Crippen MR) is 105 cm³/mol. The Morgan fingerprint density at radius 3 is 2.55 bits per heavy atom. The zero-order valence-corrected chi connectivity index (χ0v) is 17.4. The number of hydrogen-bond acceptors (Lipinski definition) is 6. The number of nitrogens with one attached hydrogen (secondary N) is 1. The summed E-state index contributed by atoms with van der Waals surface area (Å²) in [6, 6.07) is 2.65. The molecule has 31 heavy (non-hydrogen) atoms. The summed E-state index contributed by atoms with van der Waals surface area (Å²) >= 11 is 0. The zero-order chi connectivity index (χ0) is 22.8. The normalized spacial score (nSPS) is 14.8. The lowest BCUT2D eigenvalue weighted by molar-refractivity contribution is -0.154. The third-order valence-corrected chi connectivity index (χ3v) is 4.77. The van der Waals surface area contributed by atoms with Crippen molar-refractivity contribution in [2.24, 2.45) is 5.92 Å². The molecule has 1 fully saturated rings. The topological polar surface area (TPSA) is 94.1 Å². The van der Waals surface area contributed by atoms with Gasteiger partial charge in [-0.1, -0.05) is 0 Å². The molecule has 2 aromatic heterocycles. The van der Waals surface area contributed by atoms with E-state index in [1.165, 1.54) is 12.3 Å². The van der Waals surface area contributed by atoms with Gasteiger partial charge in [0.15, 0.2) is 6.61 Å². The van der Waals surface area contributed by atoms with Gasteiger partial charge >= 0.3 is 6.18 Å². The fraction of sp³-hybridized carbons (Fsp3) is 0.476. The van der Waals surface area contributed by atoms with E-state index in [2.05, 4.69) is 20.3 Å². The number of aryl methyl sites for hydroxylation is 2. The standard InChI is InChI=1S/C21H23F3N4O3/c1-11-6-15(9-25-20(11)31-10-21(22,23)24)13(3)27-19(30)16-7-12(2)26-18(28-16)8-17(29)14-4-5-14/h6-7,9,13-14H,4-5,8,10H2,1-3H3,(H,27,30). The first-order valence-corrected chi connectivity index (χ1v) is 9.86. The van der Waals surface area contributed by atoms with Gasteiger partial charge < -0.3 is 10.1 Å². The van der Waals surface area contributed by atoms with Crippen LogP contribution in [-0.4, -0.2) is 39.4 Å². The maximum absolute atomic E-state index is 12.7. The quantitative estimate of drug-likeness (QED) is 0.681. The van der Waals surface area contributed by atoms with Crippen LogP contribution in [0.15, 0.2) is 18.3 Å². The van der Waals surface area contributed by atoms with Crippen molar-refractivity contribution in [2.75, 3.05) is 6.61 Å². The van der Waals surface area contributed by atoms with Gasteiger partial charge in [0.25, 0.3) is 5.91 Å². The molecule has 166 valence electrons. The fourth-order valence-electron chi connectivity index (χ4n) is 3.01. The average molecular weight is 436 g/mol. The molecular weight excluding hydrogens is 413 g/mol. The fourth-order valence-corrected chi connectivity index (χ4v) is 3.01. The van der Waals surface area contributed by atoms with Crippen LogP contribution in [-0.2, 0) is 11.2 Å². The molecule has 1 aliphatic carbocycles. The third kappa shape index (κ3) is 6.47. The SMILES string of the molecule is Cc1cc(C(=O)NC(C)c2cnc(OCC(F)(F)F)c(C)c2)nc(CC(=O)C2CC2)n1. The molecule has 0 aromatic carbocycles. The van der Waals surface area contributed by atoms with Crippen molar-refractivity contribution in [3.63, 3.8) is 0 Å². The van der Waals surface area contributed by atoms with Gasteiger partial charge in [0.2, 0.25) is 5.88 Å². The highest BCUT2D eigenvalue weighted by Gasteiger charge is 2.30. The van der Waals surface area contributed by atoms with E-state index in [1.807, 2.05) is 0 Å². The Labute approximate surface area is 177 Å². The van der Waals surface area contributed by atoms with E-state index in [0.29, 0.717) is 22.6 Å². The lowest BCUT2D eigenvalue weighted by Gasteiger charge is -2.16. The Morgan fingerprint density at radius 2 is 1.94 bits per heavy atom. The van der Waals surface area contributed by atoms with Crippen molar-refractivity contribution >= 4 is 11.7 Å². The minimum atomic E-state index is -4.45. The van der Waals surface area contributed by atoms with Crippen LogP contribution in [0, 0.1) is 19.8 Å². The van der Waals surface area contributed by atoms with Crippen molar-refractivity contribution in [3.05, 3.63) is 46.7 Å². The van der Waals surface area contributed by atoms with E-state index < -0.39 is 24.7 Å². The van der Waals surface area contributed by atoms with E-state index in [-0.39, 0.29) is 29.7 Å². The van der Waals surface area contributed by atoms with Crippen molar-refractivity contribution < 1.29 is 27.5 Å². The van der Waals surface area contributed by atoms with Crippen molar-refractivity contribution in [1.82, 2.24) is 20.3 Å². The number of halogens is 3. The summed E-state index contributed by atoms with van der Waals surface area (Å²) in [5.74, 6) is -0.0810. The van der Waals surface area contributed by atoms with Gasteiger partial charge in [-0.15, -0.1) is 0 Å². The Hall–Kier alpha value is -3.04. The number of carbonyl (C=O) groups is 2. The Balaban J connectivity index is 1.66. The van der Waals surface area contributed by atoms with Crippen LogP contribution in [0.2, 0.25) is 0 Å². The highest BCUT2D eigenvalue weighted by Crippen LogP contribution is 2.30. The zero-order valence-electron chi connectivity index (χ0n) is 17.4. The van der Waals surface area contributed by atoms with Gasteiger partial charge in [0.05, 0.1) is 12.5 Å². The van der Waals surface area contributed by atoms with Gasteiger partial charge in [-0.05, 0) is 51.3 Å². The molecule has 1 amide bonds. The van der Waals surface area contributed by atoms with Gasteiger partial charge in [-0.2, -0.15) is 13.2 Å². The summed E-state index contributed by atoms with van der Waals surface area (Å²) in [5, 5.41) is 2.78. The summed E-state index contributed by atoms with van der Waals surface area (Å²) in [6.45, 7) is 3.59. The maximum atomic E-state index is 12.7. The number of hydrogen-bond donors (Lipinski definition) is 1. The number of alkyl halides is 3. The number of aromatic nitrogens is 3. The number of pyridine rings is 1. The highest BCUT2D eigenvalue weighted by molar-refractivity contribution is 5.92. The largest absolute Gasteiger partial charge is 0.468 e. The minimum absolute atomic E-state index is 0.0831. The molecule has 1 saturated carbocycles. The Morgan fingerprint density at radius 1 is 1.23 bits per heavy atom. The number of carbonyl (C=O) groups excluding carboxylic acids is 2. The van der Waals surface area contributed by atoms with E-state index >= 15 is 0 Å². The van der Waals surface area contributed by atoms with Crippen LogP contribution in [0.1, 0.15) is 58.9 Å². The molecule has 1 N–H and O–H groups in total. The van der Waals surface area contributed by atoms with Crippen LogP contribution in [0.3, 0.4) is 0 Å². The van der Waals surface area contributed by atoms with Crippen molar-refractivity contribution in [3.8, 4) is 5.88 Å². The van der Waals surface area contributed by atoms with E-state index in [1.54, 1.807) is 26.8 Å². The minimum Gasteiger partial charge on any atom is -0.468 e. The second kappa shape index (κ2) is 8.99. The molecule has 7 nitrogen and oxygen atoms in total. The van der Waals surface area contributed by atoms with Crippen LogP contribution < -0.4 is 10.1 Å². The van der Waals surface area contributed by atoms with Crippen LogP contribution >= 0.6 is 0 Å². The molecule has 1 unspecified atom stereocenters. The lowest BCUT2D eigenvalue weighted by Crippen LogP contribution is -2.28. The van der Waals surface area contributed by atoms with Gasteiger partial charge in [0.1, 0.15) is 17.3 Å². The molecule has 1 atom stereocenters. The molecule has 0 spiro atoms. The molecule has 3 rings (SSSR count). The molecule has 0 saturated heterocycles. The Bertz CT molecular complexity index is 990. The summed E-state index contributed by atoms with van der Waals surface area (Å²) in [4.78, 5) is 37.1. The number of ketones is 1. The molecule has 10 heteroatoms. The maximum Gasteiger partial charge on any atom is 0.422 e. The van der Waals surface area contributed by atoms with Crippen LogP contribution in [0.5, 0.6) is 5.88 Å². The number of amides is 1. The molecule has 2 heterocycles. The summed E-state index contributed by atoms with van der Waals surface area (Å²) in [5.41, 5.74) is 1.74. The number of nitrogens with zero attached hydrogens (tertiary/aromatic N) is 3. The van der Waals surface area contributed by atoms with Gasteiger partial charge in [0, 0.05) is 23.4 Å². The first-order valence-electron chi connectivity index (χ1n) is 9.86. The molecular formula is C21H23F3N4O3. The van der Waals surface area contributed by atoms with Crippen molar-refractivity contribution in [2.45, 2.75) is 52.3 Å². The first-order chi connectivity index (χ1) is 14.5. The number of ether oxygens (including phenoxy) is 1. The third-order valence-electron chi connectivity index (χ3n) is 4.77. The van der Waals surface area contributed by atoms with Gasteiger partial charge in [-0.3, -0.25) is 9.59 Å². The lowest BCUT2D eigenvalue weighted by atomic mass is 10.1. The first kappa shape index (κ1) is 22.6. The second-order valence-electron chi connectivity index (χ2n) is 7.72. The van der Waals surface area contributed by atoms with Crippen molar-refractivity contribution in [1.29, 1.82) is 0 Å². The summed E-state index contributed by atoms with van der Waals surface area (Å²) < 4.78 is 41.7. The predicted octanol–water partition coefficient (Wildman–Crippen LogP) is 3.44. The average Bonchev–Trinajstić information content (AvgIpc) is 3.51. The van der Waals surface area contributed by atoms with E-state index in [9.17, 15) is 22.8 Å². The molecule has 0 bridgehead atoms. The summed E-state index contributed by atoms with van der Waals surface area (Å²) in [7, 11) is 0. The summed E-state index contributed by atoms with van der Waals surface area (Å²) in [6.07, 6.45) is -1.21.